The highest BCUT2D eigenvalue weighted by molar-refractivity contribution is 8.46. The van der Waals surface area contributed by atoms with Crippen LogP contribution < -0.4 is 5.06 Å². The van der Waals surface area contributed by atoms with Gasteiger partial charge >= 0.3 is 0 Å². The molecule has 0 N–H and O–H groups in total. The van der Waals surface area contributed by atoms with Gasteiger partial charge in [0.2, 0.25) is 0 Å². The summed E-state index contributed by atoms with van der Waals surface area (Å²) < 4.78 is 70.6. The molecule has 27 heavy (non-hydrogen) atoms. The number of unbranched alkanes of at least 4 members (excludes halogenated alkanes) is 1. The number of para-hydroxylation sites is 1. The van der Waals surface area contributed by atoms with Crippen LogP contribution in [0.1, 0.15) is 37.8 Å². The Hall–Kier alpha value is -1.80. The molecular weight excluding hydrogens is 385 g/mol. The molecule has 2 aromatic carbocycles. The minimum Gasteiger partial charge on any atom is -0.268 e. The Bertz CT molecular complexity index is 769. The molecule has 1 fully saturated rings. The number of nitrogens with zero attached hydrogens (tertiary/aromatic N) is 1. The van der Waals surface area contributed by atoms with Crippen LogP contribution in [-0.2, 0) is 4.84 Å². The quantitative estimate of drug-likeness (QED) is 0.463. The Balaban J connectivity index is 2.15. The van der Waals surface area contributed by atoms with E-state index < -0.39 is 27.6 Å². The fraction of sp³-hybridized carbons (Fsp3) is 0.368. The van der Waals surface area contributed by atoms with Gasteiger partial charge in [0.15, 0.2) is 5.25 Å². The van der Waals surface area contributed by atoms with E-state index in [0.717, 1.165) is 5.06 Å². The van der Waals surface area contributed by atoms with E-state index in [4.69, 9.17) is 4.84 Å². The van der Waals surface area contributed by atoms with E-state index in [-0.39, 0.29) is 12.0 Å². The molecule has 0 aromatic heterocycles. The lowest BCUT2D eigenvalue weighted by molar-refractivity contribution is 0.0737. The third-order valence-electron chi connectivity index (χ3n) is 4.69. The Morgan fingerprint density at radius 3 is 1.96 bits per heavy atom. The van der Waals surface area contributed by atoms with Crippen LogP contribution in [0.3, 0.4) is 0 Å². The summed E-state index contributed by atoms with van der Waals surface area (Å²) in [6.45, 7) is 1.80. The monoisotopic (exact) mass is 407 g/mol. The van der Waals surface area contributed by atoms with Crippen LogP contribution in [0.4, 0.5) is 25.1 Å². The number of hydrogen-bond donors (Lipinski definition) is 0. The number of hydroxylamine groups is 1. The van der Waals surface area contributed by atoms with E-state index in [1.165, 1.54) is 12.1 Å². The first-order valence-electron chi connectivity index (χ1n) is 8.80. The van der Waals surface area contributed by atoms with E-state index in [9.17, 15) is 19.4 Å². The Kier molecular flexibility index (Phi) is 4.71. The van der Waals surface area contributed by atoms with Crippen molar-refractivity contribution in [3.05, 3.63) is 66.2 Å². The van der Waals surface area contributed by atoms with Gasteiger partial charge in [-0.1, -0.05) is 87.7 Å². The molecule has 1 saturated heterocycles. The molecule has 2 nitrogen and oxygen atoms in total. The van der Waals surface area contributed by atoms with E-state index in [1.54, 1.807) is 55.5 Å². The van der Waals surface area contributed by atoms with Crippen molar-refractivity contribution in [2.24, 2.45) is 0 Å². The molecular formula is C19H22F5NOS. The van der Waals surface area contributed by atoms with Crippen LogP contribution in [-0.4, -0.2) is 11.4 Å². The summed E-state index contributed by atoms with van der Waals surface area (Å²) in [5, 5.41) is -1.86. The summed E-state index contributed by atoms with van der Waals surface area (Å²) in [4.78, 5) is 5.55. The Morgan fingerprint density at radius 1 is 0.889 bits per heavy atom. The predicted molar refractivity (Wildman–Crippen MR) is 99.4 cm³/mol. The zero-order chi connectivity index (χ0) is 19.8. The number of rotatable bonds is 6. The molecule has 2 aromatic rings. The number of hydrogen-bond acceptors (Lipinski definition) is 2. The first kappa shape index (κ1) is 19.9. The van der Waals surface area contributed by atoms with Gasteiger partial charge in [-0.15, -0.1) is 0 Å². The Morgan fingerprint density at radius 2 is 1.44 bits per heavy atom. The molecule has 0 radical (unpaired) electrons. The standard InChI is InChI=1S/C19H22F5NOS/c1-2-3-14-17-19(27(20,21,22,23)24)18(15-10-6-4-7-11-15)25(26-17)16-12-8-5-9-13-16/h4-13,17-19H,2-3,14H2,1H3. The molecule has 0 saturated carbocycles. The molecule has 0 amide bonds. The summed E-state index contributed by atoms with van der Waals surface area (Å²) in [7, 11) is -9.86. The molecule has 3 atom stereocenters. The molecule has 8 heteroatoms. The van der Waals surface area contributed by atoms with Crippen LogP contribution in [0, 0.1) is 0 Å². The summed E-state index contributed by atoms with van der Waals surface area (Å²) in [6, 6.07) is 14.0. The van der Waals surface area contributed by atoms with Gasteiger partial charge in [0.25, 0.3) is 10.2 Å². The minimum atomic E-state index is -9.86. The zero-order valence-electron chi connectivity index (χ0n) is 14.8. The normalized spacial score (nSPS) is 25.9. The predicted octanol–water partition coefficient (Wildman–Crippen LogP) is 7.41. The van der Waals surface area contributed by atoms with Crippen molar-refractivity contribution in [1.82, 2.24) is 0 Å². The second kappa shape index (κ2) is 6.38. The van der Waals surface area contributed by atoms with E-state index in [1.807, 2.05) is 0 Å². The maximum absolute atomic E-state index is 14.1. The van der Waals surface area contributed by atoms with Gasteiger partial charge in [-0.05, 0) is 24.1 Å². The second-order valence-electron chi connectivity index (χ2n) is 6.80. The highest BCUT2D eigenvalue weighted by Crippen LogP contribution is 3.02. The van der Waals surface area contributed by atoms with Gasteiger partial charge in [-0.3, -0.25) is 4.84 Å². The van der Waals surface area contributed by atoms with Crippen molar-refractivity contribution >= 4 is 15.9 Å². The molecule has 0 spiro atoms. The second-order valence-corrected chi connectivity index (χ2v) is 9.40. The lowest BCUT2D eigenvalue weighted by Crippen LogP contribution is -2.38. The summed E-state index contributed by atoms with van der Waals surface area (Å²) in [5.41, 5.74) is 0.468. The fourth-order valence-electron chi connectivity index (χ4n) is 3.53. The van der Waals surface area contributed by atoms with Crippen molar-refractivity contribution in [2.75, 3.05) is 5.06 Å². The van der Waals surface area contributed by atoms with Crippen LogP contribution in [0.15, 0.2) is 60.7 Å². The van der Waals surface area contributed by atoms with Gasteiger partial charge in [0.05, 0.1) is 5.69 Å². The zero-order valence-corrected chi connectivity index (χ0v) is 15.6. The topological polar surface area (TPSA) is 12.5 Å². The van der Waals surface area contributed by atoms with Gasteiger partial charge in [-0.25, -0.2) is 5.06 Å². The van der Waals surface area contributed by atoms with Gasteiger partial charge < -0.3 is 0 Å². The number of halogens is 5. The van der Waals surface area contributed by atoms with Crippen LogP contribution in [0.2, 0.25) is 0 Å². The van der Waals surface area contributed by atoms with E-state index >= 15 is 0 Å². The highest BCUT2D eigenvalue weighted by atomic mass is 32.5. The largest absolute Gasteiger partial charge is 0.293 e. The fourth-order valence-corrected chi connectivity index (χ4v) is 5.05. The van der Waals surface area contributed by atoms with Crippen molar-refractivity contribution in [3.8, 4) is 0 Å². The minimum absolute atomic E-state index is 0.0839. The Labute approximate surface area is 155 Å². The average molecular weight is 407 g/mol. The first-order valence-corrected chi connectivity index (χ1v) is 10.8. The van der Waals surface area contributed by atoms with Crippen molar-refractivity contribution in [1.29, 1.82) is 0 Å². The first-order chi connectivity index (χ1) is 12.5. The maximum Gasteiger partial charge on any atom is 0.293 e. The van der Waals surface area contributed by atoms with Crippen LogP contribution in [0.25, 0.3) is 0 Å². The molecule has 3 rings (SSSR count). The highest BCUT2D eigenvalue weighted by Gasteiger charge is 2.77. The molecule has 1 aliphatic heterocycles. The van der Waals surface area contributed by atoms with E-state index in [2.05, 4.69) is 0 Å². The smallest absolute Gasteiger partial charge is 0.268 e. The average Bonchev–Trinajstić information content (AvgIpc) is 3.01. The summed E-state index contributed by atoms with van der Waals surface area (Å²) >= 11 is 0. The van der Waals surface area contributed by atoms with Gasteiger partial charge in [-0.2, -0.15) is 0 Å². The van der Waals surface area contributed by atoms with E-state index in [0.29, 0.717) is 18.5 Å². The van der Waals surface area contributed by atoms with Crippen LogP contribution >= 0.6 is 10.2 Å². The molecule has 0 bridgehead atoms. The number of anilines is 1. The third-order valence-corrected chi connectivity index (χ3v) is 6.28. The van der Waals surface area contributed by atoms with Crippen LogP contribution in [0.5, 0.6) is 0 Å². The third kappa shape index (κ3) is 4.38. The maximum atomic E-state index is 14.1. The lowest BCUT2D eigenvalue weighted by Gasteiger charge is -2.48. The SMILES string of the molecule is CCCCC1ON(c2ccccc2)C(c2ccccc2)C1S(F)(F)(F)(F)F. The molecule has 3 unspecified atom stereocenters. The van der Waals surface area contributed by atoms with Gasteiger partial charge in [0.1, 0.15) is 12.1 Å². The lowest BCUT2D eigenvalue weighted by atomic mass is 9.98. The molecule has 0 aliphatic carbocycles. The van der Waals surface area contributed by atoms with Crippen molar-refractivity contribution in [3.63, 3.8) is 0 Å². The van der Waals surface area contributed by atoms with Gasteiger partial charge in [0, 0.05) is 0 Å². The number of benzene rings is 2. The van der Waals surface area contributed by atoms with Crippen molar-refractivity contribution in [2.45, 2.75) is 43.6 Å². The molecule has 1 aliphatic rings. The summed E-state index contributed by atoms with van der Waals surface area (Å²) in [6.07, 6.45) is -0.751. The molecule has 1 heterocycles. The summed E-state index contributed by atoms with van der Waals surface area (Å²) in [5.74, 6) is 0. The van der Waals surface area contributed by atoms with Crippen molar-refractivity contribution < 1.29 is 24.3 Å². The molecule has 150 valence electrons.